The molecule has 0 aliphatic heterocycles. The van der Waals surface area contributed by atoms with Crippen LogP contribution in [0, 0.1) is 13.8 Å². The van der Waals surface area contributed by atoms with E-state index in [1.165, 1.54) is 12.4 Å². The fraction of sp³-hybridized carbons (Fsp3) is 0.355. The molecule has 0 aliphatic carbocycles. The van der Waals surface area contributed by atoms with Gasteiger partial charge in [0.15, 0.2) is 11.6 Å². The number of carbonyl (C=O) groups is 1. The van der Waals surface area contributed by atoms with Crippen LogP contribution in [-0.4, -0.2) is 42.8 Å². The highest BCUT2D eigenvalue weighted by atomic mass is 19.4. The summed E-state index contributed by atoms with van der Waals surface area (Å²) in [5.41, 5.74) is 2.30. The monoisotopic (exact) mass is 580 g/mol. The fourth-order valence-corrected chi connectivity index (χ4v) is 4.43. The van der Waals surface area contributed by atoms with E-state index in [2.05, 4.69) is 25.7 Å². The first kappa shape index (κ1) is 30.9. The van der Waals surface area contributed by atoms with Gasteiger partial charge in [-0.25, -0.2) is 9.97 Å². The summed E-state index contributed by atoms with van der Waals surface area (Å²) in [4.78, 5) is 21.9. The van der Waals surface area contributed by atoms with E-state index in [0.29, 0.717) is 22.8 Å². The largest absolute Gasteiger partial charge is 0.416 e. The quantitative estimate of drug-likeness (QED) is 0.190. The van der Waals surface area contributed by atoms with Crippen LogP contribution in [0.15, 0.2) is 54.9 Å². The van der Waals surface area contributed by atoms with Gasteiger partial charge in [0.1, 0.15) is 12.1 Å². The fourth-order valence-electron chi connectivity index (χ4n) is 4.43. The molecule has 0 spiro atoms. The zero-order valence-electron chi connectivity index (χ0n) is 24.3. The van der Waals surface area contributed by atoms with Crippen molar-refractivity contribution in [1.82, 2.24) is 25.1 Å². The van der Waals surface area contributed by atoms with Gasteiger partial charge in [0.25, 0.3) is 0 Å². The molecule has 3 N–H and O–H groups in total. The van der Waals surface area contributed by atoms with E-state index in [9.17, 15) is 23.1 Å². The summed E-state index contributed by atoms with van der Waals surface area (Å²) < 4.78 is 42.7. The topological polar surface area (TPSA) is 105 Å². The van der Waals surface area contributed by atoms with Crippen molar-refractivity contribution in [3.8, 4) is 5.82 Å². The summed E-state index contributed by atoms with van der Waals surface area (Å²) >= 11 is 0. The molecule has 2 heterocycles. The van der Waals surface area contributed by atoms with E-state index in [0.717, 1.165) is 41.2 Å². The van der Waals surface area contributed by atoms with Gasteiger partial charge in [-0.2, -0.15) is 23.0 Å². The number of alkyl halides is 3. The molecular weight excluding hydrogens is 545 g/mol. The SMILES string of the molecule is CCc1cc(-n2nc(C)cc2Nc2cc(CC(=O)c3cc(CNCC(C)(C)O)cc(C(F)(F)F)c3)ccc2C)ncn1. The lowest BCUT2D eigenvalue weighted by Crippen LogP contribution is -2.34. The second kappa shape index (κ2) is 12.4. The van der Waals surface area contributed by atoms with Crippen LogP contribution in [-0.2, 0) is 25.6 Å². The molecule has 0 bridgehead atoms. The normalized spacial score (nSPS) is 12.0. The number of hydrogen-bond donors (Lipinski definition) is 3. The van der Waals surface area contributed by atoms with Gasteiger partial charge in [0.2, 0.25) is 0 Å². The Morgan fingerprint density at radius 1 is 1.00 bits per heavy atom. The lowest BCUT2D eigenvalue weighted by molar-refractivity contribution is -0.137. The molecule has 0 fully saturated rings. The zero-order valence-corrected chi connectivity index (χ0v) is 24.3. The number of nitrogens with one attached hydrogen (secondary N) is 2. The predicted molar refractivity (Wildman–Crippen MR) is 155 cm³/mol. The summed E-state index contributed by atoms with van der Waals surface area (Å²) in [7, 11) is 0. The maximum absolute atomic E-state index is 13.7. The third kappa shape index (κ3) is 8.01. The van der Waals surface area contributed by atoms with Gasteiger partial charge in [0.05, 0.1) is 16.9 Å². The van der Waals surface area contributed by atoms with E-state index < -0.39 is 23.1 Å². The van der Waals surface area contributed by atoms with E-state index in [1.54, 1.807) is 24.6 Å². The number of anilines is 2. The zero-order chi connectivity index (χ0) is 30.7. The molecule has 0 atom stereocenters. The Morgan fingerprint density at radius 2 is 1.76 bits per heavy atom. The third-order valence-electron chi connectivity index (χ3n) is 6.58. The highest BCUT2D eigenvalue weighted by Crippen LogP contribution is 2.31. The molecule has 11 heteroatoms. The molecule has 4 aromatic rings. The van der Waals surface area contributed by atoms with Gasteiger partial charge in [0, 0.05) is 48.6 Å². The lowest BCUT2D eigenvalue weighted by atomic mass is 9.97. The molecule has 0 radical (unpaired) electrons. The van der Waals surface area contributed by atoms with Crippen molar-refractivity contribution in [2.45, 2.75) is 65.8 Å². The average Bonchev–Trinajstić information content (AvgIpc) is 3.29. The number of carbonyl (C=O) groups excluding carboxylic acids is 1. The molecule has 222 valence electrons. The number of benzene rings is 2. The van der Waals surface area contributed by atoms with Crippen molar-refractivity contribution < 1.29 is 23.1 Å². The first-order valence-electron chi connectivity index (χ1n) is 13.6. The molecule has 2 aromatic heterocycles. The van der Waals surface area contributed by atoms with Crippen LogP contribution in [0.5, 0.6) is 0 Å². The van der Waals surface area contributed by atoms with Gasteiger partial charge in [-0.05, 0) is 75.1 Å². The number of aliphatic hydroxyl groups is 1. The Labute approximate surface area is 243 Å². The third-order valence-corrected chi connectivity index (χ3v) is 6.58. The molecule has 0 saturated carbocycles. The van der Waals surface area contributed by atoms with Gasteiger partial charge in [-0.1, -0.05) is 19.1 Å². The van der Waals surface area contributed by atoms with Crippen molar-refractivity contribution >= 4 is 17.3 Å². The second-order valence-corrected chi connectivity index (χ2v) is 11.0. The van der Waals surface area contributed by atoms with Crippen molar-refractivity contribution in [2.75, 3.05) is 11.9 Å². The highest BCUT2D eigenvalue weighted by Gasteiger charge is 2.32. The number of rotatable bonds is 11. The highest BCUT2D eigenvalue weighted by molar-refractivity contribution is 5.98. The van der Waals surface area contributed by atoms with Crippen LogP contribution in [0.4, 0.5) is 24.7 Å². The number of ketones is 1. The van der Waals surface area contributed by atoms with E-state index in [1.807, 2.05) is 45.0 Å². The number of Topliss-reactive ketones (excluding diaryl/α,β-unsaturated/α-hetero) is 1. The summed E-state index contributed by atoms with van der Waals surface area (Å²) in [5.74, 6) is 0.841. The Hall–Kier alpha value is -4.09. The van der Waals surface area contributed by atoms with Crippen molar-refractivity contribution in [1.29, 1.82) is 0 Å². The number of nitrogens with zero attached hydrogens (tertiary/aromatic N) is 4. The number of hydrogen-bond acceptors (Lipinski definition) is 7. The molecule has 0 saturated heterocycles. The Bertz CT molecular complexity index is 1570. The molecule has 0 unspecified atom stereocenters. The molecule has 8 nitrogen and oxygen atoms in total. The van der Waals surface area contributed by atoms with Gasteiger partial charge in [-0.15, -0.1) is 0 Å². The maximum Gasteiger partial charge on any atom is 0.416 e. The van der Waals surface area contributed by atoms with Crippen LogP contribution in [0.3, 0.4) is 0 Å². The molecule has 0 aliphatic rings. The van der Waals surface area contributed by atoms with Gasteiger partial charge < -0.3 is 15.7 Å². The van der Waals surface area contributed by atoms with Crippen LogP contribution in [0.1, 0.15) is 64.8 Å². The standard InChI is InChI=1S/C31H35F3N6O2/c1-6-25-15-28(37-18-36-25)40-29(9-20(3)39-40)38-26-12-21(8-7-19(26)2)13-27(41)23-10-22(16-35-17-30(4,5)42)11-24(14-23)31(32,33)34/h7-12,14-15,18,35,38,42H,6,13,16-17H2,1-5H3. The maximum atomic E-state index is 13.7. The average molecular weight is 581 g/mol. The van der Waals surface area contributed by atoms with Crippen molar-refractivity contribution in [3.63, 3.8) is 0 Å². The minimum absolute atomic E-state index is 0.0239. The predicted octanol–water partition coefficient (Wildman–Crippen LogP) is 5.89. The minimum Gasteiger partial charge on any atom is -0.389 e. The first-order chi connectivity index (χ1) is 19.7. The van der Waals surface area contributed by atoms with Crippen LogP contribution in [0.25, 0.3) is 5.82 Å². The van der Waals surface area contributed by atoms with Crippen LogP contribution >= 0.6 is 0 Å². The number of aromatic nitrogens is 4. The number of aryl methyl sites for hydroxylation is 3. The van der Waals surface area contributed by atoms with Crippen molar-refractivity contribution in [3.05, 3.63) is 94.1 Å². The van der Waals surface area contributed by atoms with E-state index in [4.69, 9.17) is 0 Å². The van der Waals surface area contributed by atoms with Crippen LogP contribution in [0.2, 0.25) is 0 Å². The second-order valence-electron chi connectivity index (χ2n) is 11.0. The summed E-state index contributed by atoms with van der Waals surface area (Å²) in [6.45, 7) is 9.24. The van der Waals surface area contributed by atoms with Crippen LogP contribution < -0.4 is 10.6 Å². The smallest absolute Gasteiger partial charge is 0.389 e. The first-order valence-corrected chi connectivity index (χ1v) is 13.6. The van der Waals surface area contributed by atoms with Gasteiger partial charge >= 0.3 is 6.18 Å². The lowest BCUT2D eigenvalue weighted by Gasteiger charge is -2.18. The molecule has 0 amide bonds. The molecule has 4 rings (SSSR count). The molecule has 2 aromatic carbocycles. The molecular formula is C31H35F3N6O2. The summed E-state index contributed by atoms with van der Waals surface area (Å²) in [6, 6.07) is 12.6. The minimum atomic E-state index is -4.61. The van der Waals surface area contributed by atoms with Gasteiger partial charge in [-0.3, -0.25) is 4.79 Å². The summed E-state index contributed by atoms with van der Waals surface area (Å²) in [5, 5.41) is 20.8. The Kier molecular flexibility index (Phi) is 9.12. The van der Waals surface area contributed by atoms with E-state index >= 15 is 0 Å². The van der Waals surface area contributed by atoms with E-state index in [-0.39, 0.29) is 25.1 Å². The number of halogens is 3. The Morgan fingerprint density at radius 3 is 2.45 bits per heavy atom. The van der Waals surface area contributed by atoms with Crippen molar-refractivity contribution in [2.24, 2.45) is 0 Å². The summed E-state index contributed by atoms with van der Waals surface area (Å²) in [6.07, 6.45) is -2.45. The molecule has 42 heavy (non-hydrogen) atoms. The Balaban J connectivity index is 1.58.